The predicted molar refractivity (Wildman–Crippen MR) is 81.0 cm³/mol. The molecule has 2 aliphatic heterocycles. The standard InChI is InChI=1S/C15H18N2O3S/c18-14-3-2-12-8-16(5-6-17(12)14)9-13-7-11(10-21-13)1-4-15(19)20/h1,4,7,10,12H,2-3,5-6,8-9H2,(H,19,20)/b4-1+. The van der Waals surface area contributed by atoms with Gasteiger partial charge < -0.3 is 10.0 Å². The van der Waals surface area contributed by atoms with E-state index in [0.29, 0.717) is 18.4 Å². The van der Waals surface area contributed by atoms with Gasteiger partial charge in [-0.05, 0) is 29.5 Å². The number of carbonyl (C=O) groups excluding carboxylic acids is 1. The Morgan fingerprint density at radius 3 is 3.14 bits per heavy atom. The number of nitrogens with zero attached hydrogens (tertiary/aromatic N) is 2. The Hall–Kier alpha value is -1.66. The molecule has 2 fully saturated rings. The molecule has 1 aromatic heterocycles. The molecule has 1 atom stereocenters. The molecule has 112 valence electrons. The van der Waals surface area contributed by atoms with E-state index in [1.54, 1.807) is 17.4 Å². The van der Waals surface area contributed by atoms with Gasteiger partial charge in [0.05, 0.1) is 0 Å². The Bertz CT molecular complexity index is 581. The van der Waals surface area contributed by atoms with Gasteiger partial charge in [-0.2, -0.15) is 0 Å². The Balaban J connectivity index is 1.58. The second-order valence-electron chi connectivity index (χ2n) is 5.53. The molecule has 0 saturated carbocycles. The van der Waals surface area contributed by atoms with E-state index < -0.39 is 5.97 Å². The highest BCUT2D eigenvalue weighted by atomic mass is 32.1. The van der Waals surface area contributed by atoms with Crippen LogP contribution >= 0.6 is 11.3 Å². The fraction of sp³-hybridized carbons (Fsp3) is 0.467. The Morgan fingerprint density at radius 1 is 1.48 bits per heavy atom. The van der Waals surface area contributed by atoms with Crippen LogP contribution in [0, 0.1) is 0 Å². The van der Waals surface area contributed by atoms with Crippen LogP contribution in [0.1, 0.15) is 23.3 Å². The minimum atomic E-state index is -0.926. The number of hydrogen-bond donors (Lipinski definition) is 1. The zero-order valence-electron chi connectivity index (χ0n) is 11.7. The van der Waals surface area contributed by atoms with Gasteiger partial charge in [0.15, 0.2) is 0 Å². The highest BCUT2D eigenvalue weighted by Crippen LogP contribution is 2.25. The normalized spacial score (nSPS) is 23.0. The van der Waals surface area contributed by atoms with Crippen LogP contribution in [0.5, 0.6) is 0 Å². The largest absolute Gasteiger partial charge is 0.478 e. The first kappa shape index (κ1) is 14.3. The molecule has 5 nitrogen and oxygen atoms in total. The highest BCUT2D eigenvalue weighted by molar-refractivity contribution is 7.10. The topological polar surface area (TPSA) is 60.9 Å². The van der Waals surface area contributed by atoms with Crippen LogP contribution in [0.2, 0.25) is 0 Å². The van der Waals surface area contributed by atoms with Crippen molar-refractivity contribution in [3.8, 4) is 0 Å². The number of hydrogen-bond acceptors (Lipinski definition) is 4. The average molecular weight is 306 g/mol. The van der Waals surface area contributed by atoms with E-state index in [1.165, 1.54) is 4.88 Å². The van der Waals surface area contributed by atoms with Crippen molar-refractivity contribution in [1.29, 1.82) is 0 Å². The molecular formula is C15H18N2O3S. The minimum absolute atomic E-state index is 0.303. The first-order valence-corrected chi connectivity index (χ1v) is 8.00. The molecule has 0 spiro atoms. The van der Waals surface area contributed by atoms with E-state index >= 15 is 0 Å². The molecule has 3 rings (SSSR count). The van der Waals surface area contributed by atoms with Gasteiger partial charge in [0.2, 0.25) is 5.91 Å². The molecule has 1 amide bonds. The molecule has 2 saturated heterocycles. The quantitative estimate of drug-likeness (QED) is 0.859. The van der Waals surface area contributed by atoms with E-state index in [9.17, 15) is 9.59 Å². The van der Waals surface area contributed by atoms with Gasteiger partial charge in [-0.1, -0.05) is 0 Å². The first-order valence-electron chi connectivity index (χ1n) is 7.12. The number of carboxylic acids is 1. The Kier molecular flexibility index (Phi) is 4.07. The molecule has 0 aromatic carbocycles. The van der Waals surface area contributed by atoms with Crippen molar-refractivity contribution in [2.75, 3.05) is 19.6 Å². The number of amides is 1. The molecule has 1 N–H and O–H groups in total. The predicted octanol–water partition coefficient (Wildman–Crippen LogP) is 1.65. The summed E-state index contributed by atoms with van der Waals surface area (Å²) in [6.45, 7) is 3.58. The zero-order chi connectivity index (χ0) is 14.8. The lowest BCUT2D eigenvalue weighted by molar-refractivity contribution is -0.132. The van der Waals surface area contributed by atoms with Crippen LogP contribution in [0.15, 0.2) is 17.5 Å². The number of aliphatic carboxylic acids is 1. The third-order valence-corrected chi connectivity index (χ3v) is 4.99. The van der Waals surface area contributed by atoms with Crippen LogP contribution in [-0.2, 0) is 16.1 Å². The third kappa shape index (κ3) is 3.33. The summed E-state index contributed by atoms with van der Waals surface area (Å²) in [5.41, 5.74) is 0.937. The molecule has 1 aromatic rings. The summed E-state index contributed by atoms with van der Waals surface area (Å²) in [6, 6.07) is 2.42. The minimum Gasteiger partial charge on any atom is -0.478 e. The molecule has 0 radical (unpaired) electrons. The van der Waals surface area contributed by atoms with Crippen LogP contribution < -0.4 is 0 Å². The van der Waals surface area contributed by atoms with Gasteiger partial charge in [0.25, 0.3) is 0 Å². The van der Waals surface area contributed by atoms with Crippen LogP contribution in [0.4, 0.5) is 0 Å². The summed E-state index contributed by atoms with van der Waals surface area (Å²) in [5.74, 6) is -0.623. The summed E-state index contributed by atoms with van der Waals surface area (Å²) in [7, 11) is 0. The zero-order valence-corrected chi connectivity index (χ0v) is 12.5. The summed E-state index contributed by atoms with van der Waals surface area (Å²) >= 11 is 1.65. The van der Waals surface area contributed by atoms with Gasteiger partial charge in [-0.25, -0.2) is 4.79 Å². The molecular weight excluding hydrogens is 288 g/mol. The number of carboxylic acid groups (broad SMARTS) is 1. The summed E-state index contributed by atoms with van der Waals surface area (Å²) in [6.07, 6.45) is 4.46. The lowest BCUT2D eigenvalue weighted by Crippen LogP contribution is -2.50. The SMILES string of the molecule is O=C(O)/C=C/c1csc(CN2CCN3C(=O)CCC3C2)c1. The first-order chi connectivity index (χ1) is 10.1. The monoisotopic (exact) mass is 306 g/mol. The molecule has 21 heavy (non-hydrogen) atoms. The number of thiophene rings is 1. The second-order valence-corrected chi connectivity index (χ2v) is 6.53. The van der Waals surface area contributed by atoms with Crippen molar-refractivity contribution in [2.24, 2.45) is 0 Å². The molecule has 6 heteroatoms. The van der Waals surface area contributed by atoms with Crippen LogP contribution in [-0.4, -0.2) is 52.5 Å². The van der Waals surface area contributed by atoms with E-state index in [-0.39, 0.29) is 0 Å². The fourth-order valence-electron chi connectivity index (χ4n) is 3.03. The average Bonchev–Trinajstić information content (AvgIpc) is 3.04. The van der Waals surface area contributed by atoms with Gasteiger partial charge in [0, 0.05) is 49.6 Å². The maximum absolute atomic E-state index is 11.7. The molecule has 3 heterocycles. The number of piperazine rings is 1. The van der Waals surface area contributed by atoms with Crippen molar-refractivity contribution in [3.05, 3.63) is 28.0 Å². The van der Waals surface area contributed by atoms with E-state index in [1.807, 2.05) is 16.3 Å². The van der Waals surface area contributed by atoms with E-state index in [2.05, 4.69) is 4.90 Å². The molecule has 0 aliphatic carbocycles. The van der Waals surface area contributed by atoms with Crippen molar-refractivity contribution < 1.29 is 14.7 Å². The lowest BCUT2D eigenvalue weighted by atomic mass is 10.1. The molecule has 1 unspecified atom stereocenters. The summed E-state index contributed by atoms with van der Waals surface area (Å²) in [4.78, 5) is 27.8. The number of rotatable bonds is 4. The maximum atomic E-state index is 11.7. The fourth-order valence-corrected chi connectivity index (χ4v) is 3.92. The van der Waals surface area contributed by atoms with E-state index in [4.69, 9.17) is 5.11 Å². The lowest BCUT2D eigenvalue weighted by Gasteiger charge is -2.37. The summed E-state index contributed by atoms with van der Waals surface area (Å²) in [5, 5.41) is 10.6. The van der Waals surface area contributed by atoms with Crippen molar-refractivity contribution in [3.63, 3.8) is 0 Å². The van der Waals surface area contributed by atoms with Crippen molar-refractivity contribution >= 4 is 29.3 Å². The van der Waals surface area contributed by atoms with Crippen LogP contribution in [0.25, 0.3) is 6.08 Å². The van der Waals surface area contributed by atoms with E-state index in [0.717, 1.165) is 44.2 Å². The Labute approximate surface area is 127 Å². The molecule has 2 aliphatic rings. The number of carbonyl (C=O) groups is 2. The number of fused-ring (bicyclic) bond motifs is 1. The van der Waals surface area contributed by atoms with Gasteiger partial charge in [-0.15, -0.1) is 11.3 Å². The highest BCUT2D eigenvalue weighted by Gasteiger charge is 2.35. The van der Waals surface area contributed by atoms with Gasteiger partial charge in [0.1, 0.15) is 0 Å². The van der Waals surface area contributed by atoms with Gasteiger partial charge >= 0.3 is 5.97 Å². The van der Waals surface area contributed by atoms with Crippen molar-refractivity contribution in [1.82, 2.24) is 9.80 Å². The maximum Gasteiger partial charge on any atom is 0.328 e. The van der Waals surface area contributed by atoms with Gasteiger partial charge in [-0.3, -0.25) is 9.69 Å². The van der Waals surface area contributed by atoms with Crippen molar-refractivity contribution in [2.45, 2.75) is 25.4 Å². The third-order valence-electron chi connectivity index (χ3n) is 4.05. The summed E-state index contributed by atoms with van der Waals surface area (Å²) < 4.78 is 0. The molecule has 0 bridgehead atoms. The smallest absolute Gasteiger partial charge is 0.328 e. The van der Waals surface area contributed by atoms with Crippen LogP contribution in [0.3, 0.4) is 0 Å². The second kappa shape index (κ2) is 5.99. The Morgan fingerprint density at radius 2 is 2.33 bits per heavy atom.